The van der Waals surface area contributed by atoms with Crippen LogP contribution >= 0.6 is 22.9 Å². The molecule has 1 aliphatic rings. The lowest BCUT2D eigenvalue weighted by Gasteiger charge is -2.15. The summed E-state index contributed by atoms with van der Waals surface area (Å²) in [5, 5.41) is 3.87. The molecule has 3 aromatic rings. The van der Waals surface area contributed by atoms with Crippen LogP contribution in [0, 0.1) is 0 Å². The minimum Gasteiger partial charge on any atom is -0.454 e. The Morgan fingerprint density at radius 3 is 2.72 bits per heavy atom. The van der Waals surface area contributed by atoms with Crippen molar-refractivity contribution in [2.45, 2.75) is 13.1 Å². The summed E-state index contributed by atoms with van der Waals surface area (Å²) in [6.07, 6.45) is 0. The highest BCUT2D eigenvalue weighted by molar-refractivity contribution is 7.13. The number of halogens is 1. The number of benzene rings is 2. The van der Waals surface area contributed by atoms with Gasteiger partial charge in [-0.1, -0.05) is 29.8 Å². The van der Waals surface area contributed by atoms with Crippen LogP contribution in [0.25, 0.3) is 10.6 Å². The quantitative estimate of drug-likeness (QED) is 0.642. The van der Waals surface area contributed by atoms with Gasteiger partial charge in [0.2, 0.25) is 6.79 Å². The van der Waals surface area contributed by atoms with Gasteiger partial charge in [-0.25, -0.2) is 4.98 Å². The van der Waals surface area contributed by atoms with Crippen molar-refractivity contribution in [3.8, 4) is 22.1 Å². The number of hydrogen-bond donors (Lipinski definition) is 0. The number of ether oxygens (including phenoxy) is 2. The zero-order valence-electron chi connectivity index (χ0n) is 13.7. The number of hydrogen-bond acceptors (Lipinski definition) is 5. The van der Waals surface area contributed by atoms with Crippen LogP contribution in [0.2, 0.25) is 5.02 Å². The molecule has 0 saturated carbocycles. The van der Waals surface area contributed by atoms with Crippen molar-refractivity contribution in [2.24, 2.45) is 0 Å². The average Bonchev–Trinajstić information content (AvgIpc) is 3.24. The zero-order chi connectivity index (χ0) is 17.2. The van der Waals surface area contributed by atoms with E-state index < -0.39 is 0 Å². The molecule has 0 saturated heterocycles. The Kier molecular flexibility index (Phi) is 4.61. The van der Waals surface area contributed by atoms with Crippen LogP contribution in [0.5, 0.6) is 11.5 Å². The highest BCUT2D eigenvalue weighted by Crippen LogP contribution is 2.33. The van der Waals surface area contributed by atoms with Crippen molar-refractivity contribution in [2.75, 3.05) is 13.8 Å². The molecule has 2 aromatic carbocycles. The number of rotatable bonds is 5. The molecule has 0 unspecified atom stereocenters. The third kappa shape index (κ3) is 3.79. The Balaban J connectivity index is 1.41. The molecule has 0 amide bonds. The molecular formula is C19H17ClN2O2S. The first-order chi connectivity index (χ1) is 12.2. The summed E-state index contributed by atoms with van der Waals surface area (Å²) in [6, 6.07) is 13.9. The molecule has 128 valence electrons. The highest BCUT2D eigenvalue weighted by atomic mass is 35.5. The normalized spacial score (nSPS) is 12.8. The fraction of sp³-hybridized carbons (Fsp3) is 0.211. The molecule has 4 nitrogen and oxygen atoms in total. The number of thiazole rings is 1. The molecule has 0 aliphatic carbocycles. The topological polar surface area (TPSA) is 34.6 Å². The second-order valence-electron chi connectivity index (χ2n) is 6.01. The highest BCUT2D eigenvalue weighted by Gasteiger charge is 2.14. The first kappa shape index (κ1) is 16.4. The van der Waals surface area contributed by atoms with Gasteiger partial charge in [0.05, 0.1) is 5.69 Å². The Bertz CT molecular complexity index is 879. The van der Waals surface area contributed by atoms with Gasteiger partial charge in [-0.2, -0.15) is 0 Å². The number of nitrogens with zero attached hydrogens (tertiary/aromatic N) is 2. The van der Waals surface area contributed by atoms with E-state index in [1.165, 1.54) is 5.56 Å². The minimum absolute atomic E-state index is 0.306. The Hall–Kier alpha value is -2.08. The lowest BCUT2D eigenvalue weighted by molar-refractivity contribution is 0.174. The molecule has 1 aliphatic heterocycles. The van der Waals surface area contributed by atoms with Crippen LogP contribution in [-0.4, -0.2) is 23.7 Å². The van der Waals surface area contributed by atoms with E-state index in [0.717, 1.165) is 45.9 Å². The lowest BCUT2D eigenvalue weighted by Crippen LogP contribution is -2.17. The molecule has 2 heterocycles. The average molecular weight is 373 g/mol. The van der Waals surface area contributed by atoms with Crippen LogP contribution in [0.15, 0.2) is 47.8 Å². The third-order valence-corrected chi connectivity index (χ3v) is 5.16. The van der Waals surface area contributed by atoms with E-state index in [2.05, 4.69) is 23.4 Å². The fourth-order valence-electron chi connectivity index (χ4n) is 2.79. The van der Waals surface area contributed by atoms with Gasteiger partial charge in [0.1, 0.15) is 5.01 Å². The minimum atomic E-state index is 0.306. The largest absolute Gasteiger partial charge is 0.454 e. The summed E-state index contributed by atoms with van der Waals surface area (Å²) in [6.45, 7) is 1.92. The van der Waals surface area contributed by atoms with Gasteiger partial charge in [-0.3, -0.25) is 4.90 Å². The van der Waals surface area contributed by atoms with E-state index in [-0.39, 0.29) is 0 Å². The fourth-order valence-corrected chi connectivity index (χ4v) is 3.73. The SMILES string of the molecule is CN(Cc1ccc2c(c1)OCO2)Cc1csc(-c2ccc(Cl)cc2)n1. The maximum atomic E-state index is 5.95. The van der Waals surface area contributed by atoms with Gasteiger partial charge in [0.25, 0.3) is 0 Å². The second kappa shape index (κ2) is 7.04. The van der Waals surface area contributed by atoms with E-state index in [0.29, 0.717) is 6.79 Å². The number of aromatic nitrogens is 1. The maximum absolute atomic E-state index is 5.95. The molecule has 25 heavy (non-hydrogen) atoms. The Morgan fingerprint density at radius 1 is 1.08 bits per heavy atom. The molecule has 4 rings (SSSR count). The molecule has 0 bridgehead atoms. The summed E-state index contributed by atoms with van der Waals surface area (Å²) in [4.78, 5) is 6.97. The standard InChI is InChI=1S/C19H17ClN2O2S/c1-22(9-13-2-7-17-18(8-13)24-12-23-17)10-16-11-25-19(21-16)14-3-5-15(20)6-4-14/h2-8,11H,9-10,12H2,1H3. The van der Waals surface area contributed by atoms with Gasteiger partial charge >= 0.3 is 0 Å². The van der Waals surface area contributed by atoms with E-state index in [4.69, 9.17) is 26.1 Å². The molecule has 1 aromatic heterocycles. The Morgan fingerprint density at radius 2 is 1.88 bits per heavy atom. The summed E-state index contributed by atoms with van der Waals surface area (Å²) in [7, 11) is 2.09. The predicted octanol–water partition coefficient (Wildman–Crippen LogP) is 4.82. The Labute approximate surface area is 155 Å². The van der Waals surface area contributed by atoms with Crippen molar-refractivity contribution >= 4 is 22.9 Å². The number of fused-ring (bicyclic) bond motifs is 1. The van der Waals surface area contributed by atoms with Gasteiger partial charge in [-0.05, 0) is 36.9 Å². The second-order valence-corrected chi connectivity index (χ2v) is 7.31. The molecular weight excluding hydrogens is 356 g/mol. The van der Waals surface area contributed by atoms with Crippen LogP contribution in [0.1, 0.15) is 11.3 Å². The molecule has 0 N–H and O–H groups in total. The van der Waals surface area contributed by atoms with Crippen molar-refractivity contribution in [1.82, 2.24) is 9.88 Å². The van der Waals surface area contributed by atoms with Crippen LogP contribution in [-0.2, 0) is 13.1 Å². The van der Waals surface area contributed by atoms with Crippen LogP contribution < -0.4 is 9.47 Å². The molecule has 0 fully saturated rings. The van der Waals surface area contributed by atoms with Gasteiger partial charge in [0, 0.05) is 29.1 Å². The molecule has 0 spiro atoms. The van der Waals surface area contributed by atoms with Crippen LogP contribution in [0.3, 0.4) is 0 Å². The zero-order valence-corrected chi connectivity index (χ0v) is 15.3. The third-order valence-electron chi connectivity index (χ3n) is 3.96. The van der Waals surface area contributed by atoms with Crippen molar-refractivity contribution in [3.05, 3.63) is 64.1 Å². The van der Waals surface area contributed by atoms with Crippen molar-refractivity contribution in [1.29, 1.82) is 0 Å². The summed E-state index contributed by atoms with van der Waals surface area (Å²) >= 11 is 7.60. The van der Waals surface area contributed by atoms with E-state index >= 15 is 0 Å². The van der Waals surface area contributed by atoms with E-state index in [1.54, 1.807) is 11.3 Å². The summed E-state index contributed by atoms with van der Waals surface area (Å²) in [5.41, 5.74) is 3.36. The molecule has 0 radical (unpaired) electrons. The summed E-state index contributed by atoms with van der Waals surface area (Å²) < 4.78 is 10.8. The smallest absolute Gasteiger partial charge is 0.231 e. The van der Waals surface area contributed by atoms with E-state index in [1.807, 2.05) is 36.4 Å². The lowest BCUT2D eigenvalue weighted by atomic mass is 10.2. The molecule has 6 heteroatoms. The maximum Gasteiger partial charge on any atom is 0.231 e. The monoisotopic (exact) mass is 372 g/mol. The van der Waals surface area contributed by atoms with Crippen LogP contribution in [0.4, 0.5) is 0 Å². The van der Waals surface area contributed by atoms with Gasteiger partial charge in [-0.15, -0.1) is 11.3 Å². The first-order valence-corrected chi connectivity index (χ1v) is 9.20. The first-order valence-electron chi connectivity index (χ1n) is 7.95. The summed E-state index contributed by atoms with van der Waals surface area (Å²) in [5.74, 6) is 1.64. The van der Waals surface area contributed by atoms with Gasteiger partial charge in [0.15, 0.2) is 11.5 Å². The van der Waals surface area contributed by atoms with E-state index in [9.17, 15) is 0 Å². The van der Waals surface area contributed by atoms with Crippen molar-refractivity contribution in [3.63, 3.8) is 0 Å². The molecule has 0 atom stereocenters. The van der Waals surface area contributed by atoms with Gasteiger partial charge < -0.3 is 9.47 Å². The predicted molar refractivity (Wildman–Crippen MR) is 100 cm³/mol. The van der Waals surface area contributed by atoms with Crippen molar-refractivity contribution < 1.29 is 9.47 Å².